The van der Waals surface area contributed by atoms with Gasteiger partial charge in [0.25, 0.3) is 0 Å². The average molecular weight is 270 g/mol. The van der Waals surface area contributed by atoms with Crippen LogP contribution in [0.15, 0.2) is 11.6 Å². The van der Waals surface area contributed by atoms with Gasteiger partial charge in [-0.2, -0.15) is 0 Å². The molecule has 94 valence electrons. The van der Waals surface area contributed by atoms with E-state index in [2.05, 4.69) is 10.3 Å². The molecule has 1 N–H and O–H groups in total. The monoisotopic (exact) mass is 270 g/mol. The highest BCUT2D eigenvalue weighted by molar-refractivity contribution is 8.01. The van der Waals surface area contributed by atoms with Crippen LogP contribution in [0.25, 0.3) is 0 Å². The van der Waals surface area contributed by atoms with Gasteiger partial charge < -0.3 is 5.32 Å². The van der Waals surface area contributed by atoms with Crippen LogP contribution >= 0.6 is 23.1 Å². The highest BCUT2D eigenvalue weighted by Gasteiger charge is 2.21. The van der Waals surface area contributed by atoms with Crippen molar-refractivity contribution in [1.29, 1.82) is 0 Å². The van der Waals surface area contributed by atoms with Crippen molar-refractivity contribution in [2.75, 3.05) is 5.32 Å². The molecule has 0 aromatic carbocycles. The molecule has 1 aromatic rings. The SMILES string of the molecule is CC(SC1CCCCC1)C(=O)Nc1nccs1. The molecule has 3 nitrogen and oxygen atoms in total. The molecule has 17 heavy (non-hydrogen) atoms. The number of hydrogen-bond donors (Lipinski definition) is 1. The summed E-state index contributed by atoms with van der Waals surface area (Å²) in [5.41, 5.74) is 0. The fourth-order valence-electron chi connectivity index (χ4n) is 2.04. The second-order valence-corrected chi connectivity index (χ2v) is 6.91. The van der Waals surface area contributed by atoms with E-state index >= 15 is 0 Å². The number of aromatic nitrogens is 1. The summed E-state index contributed by atoms with van der Waals surface area (Å²) in [6.45, 7) is 1.99. The van der Waals surface area contributed by atoms with Gasteiger partial charge >= 0.3 is 0 Å². The number of carbonyl (C=O) groups is 1. The van der Waals surface area contributed by atoms with Crippen LogP contribution in [0.3, 0.4) is 0 Å². The smallest absolute Gasteiger partial charge is 0.238 e. The zero-order valence-corrected chi connectivity index (χ0v) is 11.6. The molecule has 1 aliphatic carbocycles. The van der Waals surface area contributed by atoms with Gasteiger partial charge in [0.2, 0.25) is 5.91 Å². The summed E-state index contributed by atoms with van der Waals surface area (Å²) in [5, 5.41) is 6.11. The number of thioether (sulfide) groups is 1. The van der Waals surface area contributed by atoms with Crippen molar-refractivity contribution in [1.82, 2.24) is 4.98 Å². The molecule has 1 atom stereocenters. The molecule has 1 unspecified atom stereocenters. The van der Waals surface area contributed by atoms with Crippen LogP contribution in [-0.2, 0) is 4.79 Å². The predicted molar refractivity (Wildman–Crippen MR) is 74.7 cm³/mol. The number of carbonyl (C=O) groups excluding carboxylic acids is 1. The maximum atomic E-state index is 11.9. The number of anilines is 1. The molecule has 0 bridgehead atoms. The highest BCUT2D eigenvalue weighted by atomic mass is 32.2. The van der Waals surface area contributed by atoms with E-state index in [4.69, 9.17) is 0 Å². The van der Waals surface area contributed by atoms with Crippen LogP contribution in [0.4, 0.5) is 5.13 Å². The maximum absolute atomic E-state index is 11.9. The molecule has 2 rings (SSSR count). The predicted octanol–water partition coefficient (Wildman–Crippen LogP) is 3.54. The third-order valence-corrected chi connectivity index (χ3v) is 5.15. The number of hydrogen-bond acceptors (Lipinski definition) is 4. The zero-order chi connectivity index (χ0) is 12.1. The van der Waals surface area contributed by atoms with E-state index in [9.17, 15) is 4.79 Å². The number of nitrogens with zero attached hydrogens (tertiary/aromatic N) is 1. The van der Waals surface area contributed by atoms with Crippen LogP contribution < -0.4 is 5.32 Å². The van der Waals surface area contributed by atoms with E-state index in [1.165, 1.54) is 43.4 Å². The topological polar surface area (TPSA) is 42.0 Å². The fraction of sp³-hybridized carbons (Fsp3) is 0.667. The van der Waals surface area contributed by atoms with Crippen molar-refractivity contribution < 1.29 is 4.79 Å². The number of rotatable bonds is 4. The summed E-state index contributed by atoms with van der Waals surface area (Å²) in [4.78, 5) is 16.0. The second-order valence-electron chi connectivity index (χ2n) is 4.36. The molecular formula is C12H18N2OS2. The Morgan fingerprint density at radius 1 is 1.53 bits per heavy atom. The van der Waals surface area contributed by atoms with Crippen molar-refractivity contribution >= 4 is 34.1 Å². The van der Waals surface area contributed by atoms with Gasteiger partial charge in [-0.05, 0) is 19.8 Å². The first-order valence-electron chi connectivity index (χ1n) is 6.11. The van der Waals surface area contributed by atoms with Gasteiger partial charge in [0.05, 0.1) is 5.25 Å². The zero-order valence-electron chi connectivity index (χ0n) is 10.0. The molecular weight excluding hydrogens is 252 g/mol. The summed E-state index contributed by atoms with van der Waals surface area (Å²) in [7, 11) is 0. The lowest BCUT2D eigenvalue weighted by Crippen LogP contribution is -2.25. The molecule has 1 heterocycles. The molecule has 1 aliphatic rings. The van der Waals surface area contributed by atoms with E-state index in [0.717, 1.165) is 0 Å². The number of nitrogens with one attached hydrogen (secondary N) is 1. The Labute approximate surface area is 110 Å². The minimum atomic E-state index is 0.0157. The lowest BCUT2D eigenvalue weighted by Gasteiger charge is -2.23. The Kier molecular flexibility index (Phi) is 4.86. The second kappa shape index (κ2) is 6.40. The van der Waals surface area contributed by atoms with E-state index in [1.54, 1.807) is 6.20 Å². The molecule has 0 radical (unpaired) electrons. The third kappa shape index (κ3) is 4.00. The molecule has 1 amide bonds. The van der Waals surface area contributed by atoms with Crippen molar-refractivity contribution in [3.05, 3.63) is 11.6 Å². The van der Waals surface area contributed by atoms with Crippen LogP contribution in [0, 0.1) is 0 Å². The van der Waals surface area contributed by atoms with Gasteiger partial charge in [-0.25, -0.2) is 4.98 Å². The fourth-order valence-corrected chi connectivity index (χ4v) is 3.94. The van der Waals surface area contributed by atoms with Gasteiger partial charge in [0.15, 0.2) is 5.13 Å². The third-order valence-electron chi connectivity index (χ3n) is 2.98. The Morgan fingerprint density at radius 3 is 2.94 bits per heavy atom. The Hall–Kier alpha value is -0.550. The first-order chi connectivity index (χ1) is 8.25. The van der Waals surface area contributed by atoms with Gasteiger partial charge in [0, 0.05) is 16.8 Å². The standard InChI is InChI=1S/C12H18N2OS2/c1-9(17-10-5-3-2-4-6-10)11(15)14-12-13-7-8-16-12/h7-10H,2-6H2,1H3,(H,13,14,15). The number of amides is 1. The lowest BCUT2D eigenvalue weighted by molar-refractivity contribution is -0.115. The quantitative estimate of drug-likeness (QED) is 0.910. The summed E-state index contributed by atoms with van der Waals surface area (Å²) < 4.78 is 0. The van der Waals surface area contributed by atoms with Gasteiger partial charge in [-0.15, -0.1) is 23.1 Å². The first-order valence-corrected chi connectivity index (χ1v) is 7.94. The molecule has 1 fully saturated rings. The Balaban J connectivity index is 1.78. The van der Waals surface area contributed by atoms with E-state index in [-0.39, 0.29) is 11.2 Å². The molecule has 1 aromatic heterocycles. The highest BCUT2D eigenvalue weighted by Crippen LogP contribution is 2.31. The van der Waals surface area contributed by atoms with E-state index < -0.39 is 0 Å². The van der Waals surface area contributed by atoms with E-state index in [0.29, 0.717) is 10.4 Å². The average Bonchev–Trinajstić information content (AvgIpc) is 2.83. The van der Waals surface area contributed by atoms with Crippen LogP contribution in [0.1, 0.15) is 39.0 Å². The van der Waals surface area contributed by atoms with Crippen molar-refractivity contribution in [2.45, 2.75) is 49.5 Å². The largest absolute Gasteiger partial charge is 0.301 e. The van der Waals surface area contributed by atoms with Crippen LogP contribution in [-0.4, -0.2) is 21.4 Å². The minimum absolute atomic E-state index is 0.0157. The lowest BCUT2D eigenvalue weighted by atomic mass is 10.0. The molecule has 0 aliphatic heterocycles. The molecule has 1 saturated carbocycles. The summed E-state index contributed by atoms with van der Waals surface area (Å²) in [5.74, 6) is 0.0792. The molecule has 5 heteroatoms. The Morgan fingerprint density at radius 2 is 2.29 bits per heavy atom. The summed E-state index contributed by atoms with van der Waals surface area (Å²) in [6, 6.07) is 0. The van der Waals surface area contributed by atoms with Crippen molar-refractivity contribution in [3.63, 3.8) is 0 Å². The normalized spacial score (nSPS) is 18.9. The minimum Gasteiger partial charge on any atom is -0.301 e. The van der Waals surface area contributed by atoms with Gasteiger partial charge in [-0.3, -0.25) is 4.79 Å². The van der Waals surface area contributed by atoms with Crippen LogP contribution in [0.5, 0.6) is 0 Å². The first kappa shape index (κ1) is 12.9. The summed E-state index contributed by atoms with van der Waals surface area (Å²) in [6.07, 6.45) is 8.23. The molecule has 0 saturated heterocycles. The van der Waals surface area contributed by atoms with E-state index in [1.807, 2.05) is 24.1 Å². The molecule has 0 spiro atoms. The Bertz CT molecular complexity index is 347. The van der Waals surface area contributed by atoms with Gasteiger partial charge in [-0.1, -0.05) is 19.3 Å². The van der Waals surface area contributed by atoms with Gasteiger partial charge in [0.1, 0.15) is 0 Å². The van der Waals surface area contributed by atoms with Crippen molar-refractivity contribution in [3.8, 4) is 0 Å². The maximum Gasteiger partial charge on any atom is 0.238 e. The van der Waals surface area contributed by atoms with Crippen molar-refractivity contribution in [2.24, 2.45) is 0 Å². The number of thiazole rings is 1. The van der Waals surface area contributed by atoms with Crippen LogP contribution in [0.2, 0.25) is 0 Å². The summed E-state index contributed by atoms with van der Waals surface area (Å²) >= 11 is 3.28.